The van der Waals surface area contributed by atoms with Crippen LogP contribution in [0.1, 0.15) is 22.3 Å². The van der Waals surface area contributed by atoms with Gasteiger partial charge in [-0.05, 0) is 67.1 Å². The zero-order chi connectivity index (χ0) is 23.3. The zero-order valence-corrected chi connectivity index (χ0v) is 21.8. The maximum atomic E-state index is 12.4. The minimum Gasteiger partial charge on any atom is -0.736 e. The number of nitro groups is 1. The average Bonchev–Trinajstić information content (AvgIpc) is 2.75. The van der Waals surface area contributed by atoms with Gasteiger partial charge in [-0.2, -0.15) is 0 Å². The van der Waals surface area contributed by atoms with Crippen LogP contribution in [0.15, 0.2) is 60.7 Å². The van der Waals surface area contributed by atoms with Crippen LogP contribution in [0.4, 0.5) is 5.69 Å². The zero-order valence-electron chi connectivity index (χ0n) is 18.9. The Morgan fingerprint density at radius 2 is 1.48 bits per heavy atom. The van der Waals surface area contributed by atoms with E-state index in [1.165, 1.54) is 18.2 Å². The summed E-state index contributed by atoms with van der Waals surface area (Å²) in [6, 6.07) is 16.8. The number of methoxy groups -OCH3 is 1. The molecule has 0 aliphatic heterocycles. The van der Waals surface area contributed by atoms with Crippen molar-refractivity contribution in [2.24, 2.45) is 0 Å². The Labute approximate surface area is 214 Å². The maximum Gasteiger partial charge on any atom is 1.00 e. The minimum atomic E-state index is -4.91. The third kappa shape index (κ3) is 7.32. The number of aryl methyl sites for hydroxylation is 4. The molecule has 0 saturated heterocycles. The van der Waals surface area contributed by atoms with Gasteiger partial charge in [-0.3, -0.25) is 10.1 Å². The summed E-state index contributed by atoms with van der Waals surface area (Å²) in [6.45, 7) is 3.48. The number of phosphoric acid groups is 1. The van der Waals surface area contributed by atoms with Gasteiger partial charge in [0.05, 0.1) is 12.0 Å². The van der Waals surface area contributed by atoms with Crippen molar-refractivity contribution in [3.8, 4) is 17.2 Å². The molecular weight excluding hydrogens is 456 g/mol. The van der Waals surface area contributed by atoms with Gasteiger partial charge in [0.1, 0.15) is 11.5 Å². The van der Waals surface area contributed by atoms with E-state index in [1.54, 1.807) is 21.0 Å². The quantitative estimate of drug-likeness (QED) is 0.200. The summed E-state index contributed by atoms with van der Waals surface area (Å²) in [4.78, 5) is 22.8. The normalized spacial score (nSPS) is 12.2. The number of ether oxygens (including phenoxy) is 1. The van der Waals surface area contributed by atoms with Gasteiger partial charge in [0, 0.05) is 6.07 Å². The molecule has 0 spiro atoms. The number of nitrogens with zero attached hydrogens (tertiary/aromatic N) is 1. The van der Waals surface area contributed by atoms with Gasteiger partial charge in [0.2, 0.25) is 5.75 Å². The smallest absolute Gasteiger partial charge is 0.736 e. The Kier molecular flexibility index (Phi) is 9.52. The minimum absolute atomic E-state index is 0. The summed E-state index contributed by atoms with van der Waals surface area (Å²) in [5.74, 6) is 0.546. The predicted octanol–water partition coefficient (Wildman–Crippen LogP) is 1.94. The Morgan fingerprint density at radius 1 is 0.909 bits per heavy atom. The first-order valence-corrected chi connectivity index (χ1v) is 11.3. The first-order chi connectivity index (χ1) is 15.2. The van der Waals surface area contributed by atoms with Crippen LogP contribution < -0.4 is 48.2 Å². The SMILES string of the molecule is COc1ccc(CCc2cc(C)c(OP(=O)([O-])Oc3ccccc3[N+](=O)[O-])c(C)c2)cc1.[Na+]. The first kappa shape index (κ1) is 26.9. The summed E-state index contributed by atoms with van der Waals surface area (Å²) in [6.07, 6.45) is 1.57. The number of hydrogen-bond donors (Lipinski definition) is 0. The Bertz CT molecular complexity index is 1140. The van der Waals surface area contributed by atoms with Crippen molar-refractivity contribution in [3.63, 3.8) is 0 Å². The third-order valence-electron chi connectivity index (χ3n) is 4.86. The predicted molar refractivity (Wildman–Crippen MR) is 118 cm³/mol. The molecule has 0 fully saturated rings. The molecule has 10 heteroatoms. The number of hydrogen-bond acceptors (Lipinski definition) is 7. The molecule has 8 nitrogen and oxygen atoms in total. The van der Waals surface area contributed by atoms with Crippen molar-refractivity contribution in [2.75, 3.05) is 7.11 Å². The molecule has 33 heavy (non-hydrogen) atoms. The molecule has 0 aliphatic rings. The van der Waals surface area contributed by atoms with Crippen molar-refractivity contribution in [2.45, 2.75) is 26.7 Å². The summed E-state index contributed by atoms with van der Waals surface area (Å²) in [5.41, 5.74) is 2.97. The van der Waals surface area contributed by atoms with E-state index >= 15 is 0 Å². The van der Waals surface area contributed by atoms with Crippen molar-refractivity contribution in [3.05, 3.63) is 93.0 Å². The van der Waals surface area contributed by atoms with Crippen LogP contribution in [0.2, 0.25) is 0 Å². The molecule has 1 atom stereocenters. The largest absolute Gasteiger partial charge is 1.00 e. The van der Waals surface area contributed by atoms with Crippen LogP contribution in [0, 0.1) is 24.0 Å². The molecule has 0 N–H and O–H groups in total. The molecule has 168 valence electrons. The van der Waals surface area contributed by atoms with E-state index in [2.05, 4.69) is 0 Å². The van der Waals surface area contributed by atoms with Gasteiger partial charge in [-0.25, -0.2) is 4.57 Å². The molecule has 3 aromatic rings. The summed E-state index contributed by atoms with van der Waals surface area (Å²) < 4.78 is 27.7. The van der Waals surface area contributed by atoms with Gasteiger partial charge in [-0.1, -0.05) is 36.4 Å². The topological polar surface area (TPSA) is 111 Å². The molecule has 0 aromatic heterocycles. The summed E-state index contributed by atoms with van der Waals surface area (Å²) in [7, 11) is -3.29. The van der Waals surface area contributed by atoms with Crippen molar-refractivity contribution < 1.29 is 57.7 Å². The van der Waals surface area contributed by atoms with Gasteiger partial charge < -0.3 is 18.7 Å². The van der Waals surface area contributed by atoms with Crippen molar-refractivity contribution in [1.82, 2.24) is 0 Å². The van der Waals surface area contributed by atoms with E-state index in [1.807, 2.05) is 36.4 Å². The molecule has 3 rings (SSSR count). The van der Waals surface area contributed by atoms with Gasteiger partial charge >= 0.3 is 43.1 Å². The van der Waals surface area contributed by atoms with Gasteiger partial charge in [-0.15, -0.1) is 0 Å². The fourth-order valence-electron chi connectivity index (χ4n) is 3.35. The number of para-hydroxylation sites is 2. The molecule has 0 bridgehead atoms. The van der Waals surface area contributed by atoms with Crippen LogP contribution >= 0.6 is 7.82 Å². The fraction of sp³-hybridized carbons (Fsp3) is 0.217. The molecule has 0 aliphatic carbocycles. The molecule has 3 aromatic carbocycles. The van der Waals surface area contributed by atoms with Gasteiger partial charge in [0.25, 0.3) is 0 Å². The Morgan fingerprint density at radius 3 is 2.06 bits per heavy atom. The van der Waals surface area contributed by atoms with Crippen LogP contribution in [0.3, 0.4) is 0 Å². The Hall–Kier alpha value is -2.35. The molecular formula is C23H23NNaO7P. The second-order valence-electron chi connectivity index (χ2n) is 7.26. The number of benzene rings is 3. The van der Waals surface area contributed by atoms with Crippen LogP contribution in [-0.4, -0.2) is 12.0 Å². The van der Waals surface area contributed by atoms with E-state index in [9.17, 15) is 19.6 Å². The van der Waals surface area contributed by atoms with Crippen LogP contribution in [0.25, 0.3) is 0 Å². The van der Waals surface area contributed by atoms with E-state index in [-0.39, 0.29) is 35.3 Å². The standard InChI is InChI=1S/C23H24NO7P.Na/c1-16-14-19(9-8-18-10-12-20(29-3)13-11-18)15-17(2)23(16)31-32(27,28)30-22-7-5-4-6-21(22)24(25)26;/h4-7,10-15H,8-9H2,1-3H3,(H,27,28);/q;+1/p-1. The second kappa shape index (κ2) is 11.7. The number of rotatable bonds is 9. The van der Waals surface area contributed by atoms with Crippen molar-refractivity contribution in [1.29, 1.82) is 0 Å². The molecule has 1 unspecified atom stereocenters. The Balaban J connectivity index is 0.00000385. The third-order valence-corrected chi connectivity index (χ3v) is 5.68. The van der Waals surface area contributed by atoms with E-state index in [0.717, 1.165) is 35.8 Å². The monoisotopic (exact) mass is 479 g/mol. The van der Waals surface area contributed by atoms with E-state index < -0.39 is 24.2 Å². The molecule has 0 saturated carbocycles. The average molecular weight is 479 g/mol. The number of nitro benzene ring substituents is 1. The summed E-state index contributed by atoms with van der Waals surface area (Å²) >= 11 is 0. The van der Waals surface area contributed by atoms with E-state index in [0.29, 0.717) is 11.1 Å². The van der Waals surface area contributed by atoms with E-state index in [4.69, 9.17) is 13.8 Å². The molecule has 0 radical (unpaired) electrons. The maximum absolute atomic E-state index is 12.4. The van der Waals surface area contributed by atoms with Gasteiger partial charge in [0.15, 0.2) is 0 Å². The van der Waals surface area contributed by atoms with Crippen LogP contribution in [0.5, 0.6) is 17.2 Å². The molecule has 0 heterocycles. The van der Waals surface area contributed by atoms with Crippen molar-refractivity contribution >= 4 is 13.5 Å². The summed E-state index contributed by atoms with van der Waals surface area (Å²) in [5, 5.41) is 11.1. The second-order valence-corrected chi connectivity index (χ2v) is 8.52. The first-order valence-electron chi connectivity index (χ1n) is 9.85. The van der Waals surface area contributed by atoms with Crippen LogP contribution in [-0.2, 0) is 17.4 Å². The fourth-order valence-corrected chi connectivity index (χ4v) is 4.29. The molecule has 0 amide bonds. The number of phosphoric ester groups is 1.